The van der Waals surface area contributed by atoms with Crippen LogP contribution in [0, 0.1) is 0 Å². The lowest BCUT2D eigenvalue weighted by Gasteiger charge is -2.17. The van der Waals surface area contributed by atoms with E-state index in [9.17, 15) is 41.0 Å². The SMILES string of the molecule is C=CCCCCCC[C@@H](NC(=O)c1cc(C(F)(F)F)cc(C(F)(F)F)c1)C(=O)O. The van der Waals surface area contributed by atoms with Crippen LogP contribution in [0.15, 0.2) is 30.9 Å². The first-order chi connectivity index (χ1) is 13.4. The maximum Gasteiger partial charge on any atom is 0.416 e. The number of hydrogen-bond donors (Lipinski definition) is 2. The Hall–Kier alpha value is -2.52. The number of alkyl halides is 6. The van der Waals surface area contributed by atoms with Gasteiger partial charge >= 0.3 is 18.3 Å². The fraction of sp³-hybridized carbons (Fsp3) is 0.474. The average molecular weight is 425 g/mol. The first-order valence-corrected chi connectivity index (χ1v) is 8.80. The van der Waals surface area contributed by atoms with Crippen molar-refractivity contribution in [2.45, 2.75) is 56.9 Å². The minimum Gasteiger partial charge on any atom is -0.480 e. The number of unbranched alkanes of at least 4 members (excludes halogenated alkanes) is 4. The van der Waals surface area contributed by atoms with Gasteiger partial charge in [-0.1, -0.05) is 25.3 Å². The molecule has 0 saturated heterocycles. The Morgan fingerprint density at radius 2 is 1.48 bits per heavy atom. The van der Waals surface area contributed by atoms with Crippen LogP contribution in [-0.2, 0) is 17.1 Å². The molecule has 0 aromatic heterocycles. The third-order valence-electron chi connectivity index (χ3n) is 4.10. The fourth-order valence-electron chi connectivity index (χ4n) is 2.58. The molecule has 0 aliphatic carbocycles. The van der Waals surface area contributed by atoms with Gasteiger partial charge in [0.25, 0.3) is 5.91 Å². The average Bonchev–Trinajstić information content (AvgIpc) is 2.61. The zero-order chi connectivity index (χ0) is 22.2. The number of nitrogens with one attached hydrogen (secondary N) is 1. The number of carbonyl (C=O) groups is 2. The van der Waals surface area contributed by atoms with Crippen molar-refractivity contribution in [3.05, 3.63) is 47.5 Å². The molecular formula is C19H21F6NO3. The summed E-state index contributed by atoms with van der Waals surface area (Å²) in [5, 5.41) is 11.2. The molecule has 1 rings (SSSR count). The minimum atomic E-state index is -5.10. The van der Waals surface area contributed by atoms with Crippen LogP contribution in [0.4, 0.5) is 26.3 Å². The van der Waals surface area contributed by atoms with E-state index in [0.29, 0.717) is 12.8 Å². The van der Waals surface area contributed by atoms with Crippen molar-refractivity contribution in [2.75, 3.05) is 0 Å². The van der Waals surface area contributed by atoms with Crippen LogP contribution in [-0.4, -0.2) is 23.0 Å². The summed E-state index contributed by atoms with van der Waals surface area (Å²) in [6, 6.07) is -1.00. The summed E-state index contributed by atoms with van der Waals surface area (Å²) in [5.74, 6) is -2.74. The van der Waals surface area contributed by atoms with Crippen LogP contribution in [0.2, 0.25) is 0 Å². The number of carbonyl (C=O) groups excluding carboxylic acids is 1. The van der Waals surface area contributed by atoms with Crippen molar-refractivity contribution in [3.8, 4) is 0 Å². The maximum atomic E-state index is 12.9. The Kier molecular flexibility index (Phi) is 8.72. The lowest BCUT2D eigenvalue weighted by Crippen LogP contribution is -2.40. The number of rotatable bonds is 10. The molecule has 0 radical (unpaired) electrons. The number of benzene rings is 1. The van der Waals surface area contributed by atoms with Crippen molar-refractivity contribution < 1.29 is 41.0 Å². The van der Waals surface area contributed by atoms with E-state index in [-0.39, 0.29) is 24.6 Å². The summed E-state index contributed by atoms with van der Waals surface area (Å²) in [7, 11) is 0. The molecule has 10 heteroatoms. The second kappa shape index (κ2) is 10.3. The Balaban J connectivity index is 2.94. The van der Waals surface area contributed by atoms with Crippen LogP contribution in [0.25, 0.3) is 0 Å². The van der Waals surface area contributed by atoms with Gasteiger partial charge in [-0.15, -0.1) is 6.58 Å². The van der Waals surface area contributed by atoms with Gasteiger partial charge in [0.2, 0.25) is 0 Å². The van der Waals surface area contributed by atoms with Gasteiger partial charge in [0.1, 0.15) is 6.04 Å². The van der Waals surface area contributed by atoms with E-state index in [4.69, 9.17) is 0 Å². The lowest BCUT2D eigenvalue weighted by atomic mass is 10.0. The summed E-state index contributed by atoms with van der Waals surface area (Å²) in [6.07, 6.45) is -4.92. The summed E-state index contributed by atoms with van der Waals surface area (Å²) in [6.45, 7) is 3.57. The number of aliphatic carboxylic acids is 1. The van der Waals surface area contributed by atoms with Crippen LogP contribution >= 0.6 is 0 Å². The third-order valence-corrected chi connectivity index (χ3v) is 4.10. The molecule has 29 heavy (non-hydrogen) atoms. The van der Waals surface area contributed by atoms with E-state index in [1.807, 2.05) is 5.32 Å². The molecular weight excluding hydrogens is 404 g/mol. The molecule has 2 N–H and O–H groups in total. The quantitative estimate of drug-likeness (QED) is 0.298. The van der Waals surface area contributed by atoms with Gasteiger partial charge in [-0.25, -0.2) is 4.79 Å². The van der Waals surface area contributed by atoms with E-state index in [1.54, 1.807) is 6.08 Å². The molecule has 1 aromatic carbocycles. The maximum absolute atomic E-state index is 12.9. The fourth-order valence-corrected chi connectivity index (χ4v) is 2.58. The smallest absolute Gasteiger partial charge is 0.416 e. The number of carboxylic acids is 1. The van der Waals surface area contributed by atoms with E-state index in [2.05, 4.69) is 6.58 Å². The molecule has 0 aliphatic heterocycles. The van der Waals surface area contributed by atoms with Crippen molar-refractivity contribution >= 4 is 11.9 Å². The van der Waals surface area contributed by atoms with Gasteiger partial charge in [0.05, 0.1) is 11.1 Å². The highest BCUT2D eigenvalue weighted by Crippen LogP contribution is 2.36. The van der Waals surface area contributed by atoms with Crippen LogP contribution in [0.3, 0.4) is 0 Å². The monoisotopic (exact) mass is 425 g/mol. The Labute approximate surface area is 163 Å². The molecule has 1 amide bonds. The predicted molar refractivity (Wildman–Crippen MR) is 93.2 cm³/mol. The molecule has 0 bridgehead atoms. The second-order valence-corrected chi connectivity index (χ2v) is 6.44. The van der Waals surface area contributed by atoms with Crippen LogP contribution in [0.5, 0.6) is 0 Å². The Morgan fingerprint density at radius 1 is 0.966 bits per heavy atom. The molecule has 0 heterocycles. The second-order valence-electron chi connectivity index (χ2n) is 6.44. The van der Waals surface area contributed by atoms with Gasteiger partial charge in [-0.2, -0.15) is 26.3 Å². The van der Waals surface area contributed by atoms with Gasteiger partial charge < -0.3 is 10.4 Å². The topological polar surface area (TPSA) is 66.4 Å². The zero-order valence-electron chi connectivity index (χ0n) is 15.4. The minimum absolute atomic E-state index is 0.000250. The van der Waals surface area contributed by atoms with Crippen molar-refractivity contribution in [2.24, 2.45) is 0 Å². The summed E-state index contributed by atoms with van der Waals surface area (Å²) in [5.41, 5.74) is -4.21. The van der Waals surface area contributed by atoms with Crippen molar-refractivity contribution in [1.29, 1.82) is 0 Å². The molecule has 0 aliphatic rings. The van der Waals surface area contributed by atoms with Gasteiger partial charge in [0.15, 0.2) is 0 Å². The molecule has 0 saturated carbocycles. The highest BCUT2D eigenvalue weighted by Gasteiger charge is 2.37. The summed E-state index contributed by atoms with van der Waals surface area (Å²) < 4.78 is 77.3. The molecule has 0 unspecified atom stereocenters. The number of hydrogen-bond acceptors (Lipinski definition) is 2. The van der Waals surface area contributed by atoms with E-state index >= 15 is 0 Å². The highest BCUT2D eigenvalue weighted by molar-refractivity contribution is 5.97. The molecule has 162 valence electrons. The first-order valence-electron chi connectivity index (χ1n) is 8.80. The molecule has 1 atom stereocenters. The summed E-state index contributed by atoms with van der Waals surface area (Å²) in [4.78, 5) is 23.5. The Morgan fingerprint density at radius 3 is 1.93 bits per heavy atom. The lowest BCUT2D eigenvalue weighted by molar-refractivity contribution is -0.143. The normalized spacial score (nSPS) is 13.0. The third kappa shape index (κ3) is 8.16. The van der Waals surface area contributed by atoms with Gasteiger partial charge in [-0.3, -0.25) is 4.79 Å². The van der Waals surface area contributed by atoms with Gasteiger partial charge in [-0.05, 0) is 37.5 Å². The van der Waals surface area contributed by atoms with Crippen molar-refractivity contribution in [1.82, 2.24) is 5.32 Å². The van der Waals surface area contributed by atoms with E-state index < -0.39 is 47.0 Å². The molecule has 1 aromatic rings. The van der Waals surface area contributed by atoms with Crippen LogP contribution in [0.1, 0.15) is 60.0 Å². The van der Waals surface area contributed by atoms with E-state index in [0.717, 1.165) is 19.3 Å². The van der Waals surface area contributed by atoms with E-state index in [1.165, 1.54) is 0 Å². The van der Waals surface area contributed by atoms with Crippen molar-refractivity contribution in [3.63, 3.8) is 0 Å². The highest BCUT2D eigenvalue weighted by atomic mass is 19.4. The predicted octanol–water partition coefficient (Wildman–Crippen LogP) is 5.43. The standard InChI is InChI=1S/C19H21F6NO3/c1-2-3-4-5-6-7-8-15(17(28)29)26-16(27)12-9-13(18(20,21)22)11-14(10-12)19(23,24)25/h2,9-11,15H,1,3-8H2,(H,26,27)(H,28,29)/t15-/m1/s1. The Bertz CT molecular complexity index is 695. The molecule has 0 fully saturated rings. The molecule has 4 nitrogen and oxygen atoms in total. The number of halogens is 6. The number of amides is 1. The zero-order valence-corrected chi connectivity index (χ0v) is 15.4. The van der Waals surface area contributed by atoms with Crippen LogP contribution < -0.4 is 5.32 Å². The van der Waals surface area contributed by atoms with Gasteiger partial charge in [0, 0.05) is 5.56 Å². The molecule has 0 spiro atoms. The number of allylic oxidation sites excluding steroid dienone is 1. The first kappa shape index (κ1) is 24.5. The number of carboxylic acid groups (broad SMARTS) is 1. The largest absolute Gasteiger partial charge is 0.480 e. The summed E-state index contributed by atoms with van der Waals surface area (Å²) >= 11 is 0.